The zero-order valence-corrected chi connectivity index (χ0v) is 13.5. The van der Waals surface area contributed by atoms with Gasteiger partial charge in [-0.3, -0.25) is 4.68 Å². The molecule has 4 rings (SSSR count). The topological polar surface area (TPSA) is 68.5 Å². The van der Waals surface area contributed by atoms with Crippen molar-refractivity contribution >= 4 is 0 Å². The zero-order chi connectivity index (χ0) is 17.1. The summed E-state index contributed by atoms with van der Waals surface area (Å²) in [6.45, 7) is 0.658. The van der Waals surface area contributed by atoms with Crippen LogP contribution in [0.3, 0.4) is 0 Å². The van der Waals surface area contributed by atoms with Gasteiger partial charge in [0.1, 0.15) is 5.82 Å². The molecule has 0 fully saturated rings. The van der Waals surface area contributed by atoms with Gasteiger partial charge in [0.15, 0.2) is 0 Å². The van der Waals surface area contributed by atoms with E-state index < -0.39 is 0 Å². The lowest BCUT2D eigenvalue weighted by atomic mass is 10.0. The third-order valence-corrected chi connectivity index (χ3v) is 4.10. The molecule has 6 nitrogen and oxygen atoms in total. The fraction of sp³-hybridized carbons (Fsp3) is 0.105. The fourth-order valence-corrected chi connectivity index (χ4v) is 2.92. The maximum absolute atomic E-state index is 12.4. The summed E-state index contributed by atoms with van der Waals surface area (Å²) in [5.74, 6) is 0.684. The lowest BCUT2D eigenvalue weighted by molar-refractivity contribution is 0.594. The number of aromatic nitrogens is 5. The van der Waals surface area contributed by atoms with Crippen LogP contribution in [0.5, 0.6) is 0 Å². The molecular formula is C19H17N5O. The van der Waals surface area contributed by atoms with Crippen molar-refractivity contribution in [2.45, 2.75) is 13.0 Å². The minimum absolute atomic E-state index is 0.237. The van der Waals surface area contributed by atoms with E-state index >= 15 is 0 Å². The Morgan fingerprint density at radius 3 is 2.56 bits per heavy atom. The molecule has 6 heteroatoms. The van der Waals surface area contributed by atoms with Gasteiger partial charge in [0.05, 0.1) is 5.69 Å². The van der Waals surface area contributed by atoms with Crippen molar-refractivity contribution < 1.29 is 0 Å². The van der Waals surface area contributed by atoms with Crippen LogP contribution in [0.4, 0.5) is 0 Å². The Kier molecular flexibility index (Phi) is 4.00. The van der Waals surface area contributed by atoms with Crippen LogP contribution < -0.4 is 5.69 Å². The Balaban J connectivity index is 1.76. The van der Waals surface area contributed by atoms with E-state index in [2.05, 4.69) is 15.3 Å². The van der Waals surface area contributed by atoms with Crippen molar-refractivity contribution in [1.29, 1.82) is 0 Å². The van der Waals surface area contributed by atoms with Gasteiger partial charge < -0.3 is 0 Å². The molecule has 0 bridgehead atoms. The number of hydrogen-bond donors (Lipinski definition) is 1. The van der Waals surface area contributed by atoms with E-state index in [1.165, 1.54) is 0 Å². The van der Waals surface area contributed by atoms with Gasteiger partial charge in [-0.2, -0.15) is 10.2 Å². The molecule has 0 atom stereocenters. The summed E-state index contributed by atoms with van der Waals surface area (Å²) >= 11 is 0. The van der Waals surface area contributed by atoms with Crippen molar-refractivity contribution in [2.75, 3.05) is 0 Å². The van der Waals surface area contributed by atoms with Crippen LogP contribution in [0.25, 0.3) is 16.8 Å². The molecule has 2 heterocycles. The van der Waals surface area contributed by atoms with Gasteiger partial charge in [0.2, 0.25) is 0 Å². The Morgan fingerprint density at radius 1 is 0.960 bits per heavy atom. The Labute approximate surface area is 144 Å². The van der Waals surface area contributed by atoms with Gasteiger partial charge in [-0.1, -0.05) is 48.5 Å². The van der Waals surface area contributed by atoms with Crippen LogP contribution in [-0.2, 0) is 13.0 Å². The van der Waals surface area contributed by atoms with Crippen molar-refractivity contribution in [1.82, 2.24) is 24.5 Å². The number of benzene rings is 2. The number of aromatic amines is 1. The number of hydrogen-bond acceptors (Lipinski definition) is 3. The van der Waals surface area contributed by atoms with E-state index in [-0.39, 0.29) is 5.69 Å². The van der Waals surface area contributed by atoms with Crippen LogP contribution in [0.15, 0.2) is 77.9 Å². The smallest absolute Gasteiger partial charge is 0.272 e. The van der Waals surface area contributed by atoms with E-state index in [1.54, 1.807) is 10.8 Å². The second-order valence-electron chi connectivity index (χ2n) is 5.68. The SMILES string of the molecule is O=c1[nH]nc(CCn2cccn2)n1-c1ccccc1-c1ccccc1. The molecule has 0 saturated carbocycles. The Hall–Kier alpha value is -3.41. The molecule has 4 aromatic rings. The largest absolute Gasteiger partial charge is 0.347 e. The van der Waals surface area contributed by atoms with Crippen LogP contribution in [-0.4, -0.2) is 24.5 Å². The highest BCUT2D eigenvalue weighted by atomic mass is 16.1. The average Bonchev–Trinajstić information content (AvgIpc) is 3.30. The highest BCUT2D eigenvalue weighted by Crippen LogP contribution is 2.26. The maximum atomic E-state index is 12.4. The molecule has 0 aliphatic carbocycles. The predicted molar refractivity (Wildman–Crippen MR) is 95.6 cm³/mol. The average molecular weight is 331 g/mol. The maximum Gasteiger partial charge on any atom is 0.347 e. The van der Waals surface area contributed by atoms with Gasteiger partial charge in [-0.25, -0.2) is 14.5 Å². The molecule has 1 N–H and O–H groups in total. The van der Waals surface area contributed by atoms with Crippen LogP contribution in [0, 0.1) is 0 Å². The molecular weight excluding hydrogens is 314 g/mol. The fourth-order valence-electron chi connectivity index (χ4n) is 2.92. The van der Waals surface area contributed by atoms with Crippen LogP contribution >= 0.6 is 0 Å². The van der Waals surface area contributed by atoms with Crippen molar-refractivity contribution in [2.24, 2.45) is 0 Å². The highest BCUT2D eigenvalue weighted by molar-refractivity contribution is 5.72. The minimum Gasteiger partial charge on any atom is -0.272 e. The monoisotopic (exact) mass is 331 g/mol. The lowest BCUT2D eigenvalue weighted by Crippen LogP contribution is -2.18. The van der Waals surface area contributed by atoms with E-state index in [0.717, 1.165) is 16.8 Å². The number of rotatable bonds is 5. The first-order chi connectivity index (χ1) is 12.3. The third-order valence-electron chi connectivity index (χ3n) is 4.10. The van der Waals surface area contributed by atoms with Gasteiger partial charge in [0.25, 0.3) is 0 Å². The minimum atomic E-state index is -0.237. The first-order valence-corrected chi connectivity index (χ1v) is 8.11. The van der Waals surface area contributed by atoms with E-state index in [9.17, 15) is 4.79 Å². The second kappa shape index (κ2) is 6.60. The molecule has 0 saturated heterocycles. The van der Waals surface area contributed by atoms with Gasteiger partial charge >= 0.3 is 5.69 Å². The molecule has 25 heavy (non-hydrogen) atoms. The number of nitrogens with one attached hydrogen (secondary N) is 1. The molecule has 0 amide bonds. The zero-order valence-electron chi connectivity index (χ0n) is 13.5. The quantitative estimate of drug-likeness (QED) is 0.611. The first-order valence-electron chi connectivity index (χ1n) is 8.11. The summed E-state index contributed by atoms with van der Waals surface area (Å²) in [5.41, 5.74) is 2.64. The molecule has 2 aromatic heterocycles. The highest BCUT2D eigenvalue weighted by Gasteiger charge is 2.14. The molecule has 124 valence electrons. The van der Waals surface area contributed by atoms with Crippen molar-refractivity contribution in [3.63, 3.8) is 0 Å². The van der Waals surface area contributed by atoms with E-state index in [1.807, 2.05) is 71.5 Å². The standard InChI is InChI=1S/C19H17N5O/c25-19-22-21-18(11-14-23-13-6-12-20-23)24(19)17-10-5-4-9-16(17)15-7-2-1-3-8-15/h1-10,12-13H,11,14H2,(H,22,25). The second-order valence-corrected chi connectivity index (χ2v) is 5.68. The van der Waals surface area contributed by atoms with Crippen molar-refractivity contribution in [3.05, 3.63) is 89.4 Å². The number of para-hydroxylation sites is 1. The Morgan fingerprint density at radius 2 is 1.76 bits per heavy atom. The van der Waals surface area contributed by atoms with E-state index in [4.69, 9.17) is 0 Å². The first kappa shape index (κ1) is 15.1. The lowest BCUT2D eigenvalue weighted by Gasteiger charge is -2.12. The molecule has 2 aromatic carbocycles. The summed E-state index contributed by atoms with van der Waals surface area (Å²) in [6.07, 6.45) is 4.24. The van der Waals surface area contributed by atoms with Gasteiger partial charge in [0, 0.05) is 30.9 Å². The molecule has 0 unspecified atom stereocenters. The summed E-state index contributed by atoms with van der Waals surface area (Å²) in [7, 11) is 0. The number of nitrogens with zero attached hydrogens (tertiary/aromatic N) is 4. The number of aryl methyl sites for hydroxylation is 2. The molecule has 0 aliphatic rings. The summed E-state index contributed by atoms with van der Waals surface area (Å²) in [5, 5.41) is 11.0. The molecule has 0 spiro atoms. The van der Waals surface area contributed by atoms with Crippen molar-refractivity contribution in [3.8, 4) is 16.8 Å². The predicted octanol–water partition coefficient (Wildman–Crippen LogP) is 2.67. The molecule has 0 radical (unpaired) electrons. The summed E-state index contributed by atoms with van der Waals surface area (Å²) < 4.78 is 3.47. The Bertz CT molecular complexity index is 1020. The third kappa shape index (κ3) is 3.01. The molecule has 0 aliphatic heterocycles. The normalized spacial score (nSPS) is 10.9. The van der Waals surface area contributed by atoms with E-state index in [0.29, 0.717) is 18.8 Å². The summed E-state index contributed by atoms with van der Waals surface area (Å²) in [6, 6.07) is 19.8. The number of H-pyrrole nitrogens is 1. The van der Waals surface area contributed by atoms with Crippen LogP contribution in [0.1, 0.15) is 5.82 Å². The van der Waals surface area contributed by atoms with Crippen LogP contribution in [0.2, 0.25) is 0 Å². The van der Waals surface area contributed by atoms with Gasteiger partial charge in [-0.05, 0) is 17.7 Å². The van der Waals surface area contributed by atoms with Gasteiger partial charge in [-0.15, -0.1) is 0 Å². The summed E-state index contributed by atoms with van der Waals surface area (Å²) in [4.78, 5) is 12.4.